The van der Waals surface area contributed by atoms with Crippen molar-refractivity contribution in [3.8, 4) is 0 Å². The Balaban J connectivity index is 3.00. The van der Waals surface area contributed by atoms with Crippen LogP contribution < -0.4 is 0 Å². The van der Waals surface area contributed by atoms with E-state index in [4.69, 9.17) is 5.11 Å². The molecule has 1 N–H and O–H groups in total. The van der Waals surface area contributed by atoms with Gasteiger partial charge in [-0.1, -0.05) is 0 Å². The summed E-state index contributed by atoms with van der Waals surface area (Å²) in [5, 5.41) is 7.57. The maximum atomic E-state index is 9.99. The quantitative estimate of drug-likeness (QED) is 0.405. The van der Waals surface area contributed by atoms with Gasteiger partial charge < -0.3 is 9.84 Å². The van der Waals surface area contributed by atoms with Crippen molar-refractivity contribution in [3.05, 3.63) is 0 Å². The number of aliphatic hydroxyl groups excluding tert-OH is 1. The highest BCUT2D eigenvalue weighted by molar-refractivity contribution is 8.13. The maximum absolute atomic E-state index is 9.99. The van der Waals surface area contributed by atoms with Gasteiger partial charge in [-0.25, -0.2) is 4.79 Å². The molecule has 0 rings (SSSR count). The number of hydrogen-bond donors (Lipinski definition) is 1. The van der Waals surface area contributed by atoms with Crippen LogP contribution in [-0.2, 0) is 4.74 Å². The average Bonchev–Trinajstić information content (AvgIpc) is 1.68. The number of carbonyl (C=O) groups excluding carboxylic acids is 1. The topological polar surface area (TPSA) is 46.5 Å². The summed E-state index contributed by atoms with van der Waals surface area (Å²) >= 11 is 0.726. The van der Waals surface area contributed by atoms with E-state index < -0.39 is 5.30 Å². The molecule has 0 aromatic carbocycles. The summed E-state index contributed by atoms with van der Waals surface area (Å²) < 4.78 is 4.15. The first kappa shape index (κ1) is 6.78. The van der Waals surface area contributed by atoms with E-state index in [1.807, 2.05) is 0 Å². The van der Waals surface area contributed by atoms with Crippen LogP contribution in [0.4, 0.5) is 4.79 Å². The van der Waals surface area contributed by atoms with Gasteiger partial charge in [-0.3, -0.25) is 0 Å². The summed E-state index contributed by atoms with van der Waals surface area (Å²) in [6, 6.07) is 0. The highest BCUT2D eigenvalue weighted by Gasteiger charge is 1.94. The number of methoxy groups -OCH3 is 1. The highest BCUT2D eigenvalue weighted by Crippen LogP contribution is 1.99. The Kier molecular flexibility index (Phi) is 3.83. The van der Waals surface area contributed by atoms with E-state index in [0.29, 0.717) is 0 Å². The van der Waals surface area contributed by atoms with Crippen LogP contribution >= 0.6 is 11.8 Å². The lowest BCUT2D eigenvalue weighted by atomic mass is 11.5. The van der Waals surface area contributed by atoms with E-state index in [-0.39, 0.29) is 5.94 Å². The zero-order valence-corrected chi connectivity index (χ0v) is 4.70. The number of hydrogen-bond acceptors (Lipinski definition) is 4. The van der Waals surface area contributed by atoms with Crippen LogP contribution in [0.5, 0.6) is 0 Å². The molecule has 0 aliphatic carbocycles. The maximum Gasteiger partial charge on any atom is 0.369 e. The minimum atomic E-state index is -0.456. The molecule has 0 radical (unpaired) electrons. The van der Waals surface area contributed by atoms with Gasteiger partial charge in [0.15, 0.2) is 0 Å². The molecule has 0 aromatic rings. The number of ether oxygens (including phenoxy) is 1. The number of rotatable bonds is 1. The first-order valence-electron chi connectivity index (χ1n) is 1.63. The Morgan fingerprint density at radius 1 is 2.00 bits per heavy atom. The minimum absolute atomic E-state index is 0.216. The largest absolute Gasteiger partial charge is 0.461 e. The Bertz CT molecular complexity index is 63.2. The molecule has 0 bridgehead atoms. The molecular weight excluding hydrogens is 116 g/mol. The van der Waals surface area contributed by atoms with E-state index in [2.05, 4.69) is 4.74 Å². The fourth-order valence-corrected chi connectivity index (χ4v) is 0.335. The first-order chi connectivity index (χ1) is 3.31. The van der Waals surface area contributed by atoms with E-state index in [1.54, 1.807) is 0 Å². The van der Waals surface area contributed by atoms with Gasteiger partial charge in [-0.05, 0) is 11.8 Å². The second-order valence-electron chi connectivity index (χ2n) is 0.728. The molecule has 0 fully saturated rings. The zero-order valence-electron chi connectivity index (χ0n) is 3.88. The standard InChI is InChI=1S/C3H6O3S/c1-6-3(5)7-2-4/h4H,2H2,1H3. The van der Waals surface area contributed by atoms with Crippen molar-refractivity contribution >= 4 is 17.1 Å². The van der Waals surface area contributed by atoms with Gasteiger partial charge in [0.05, 0.1) is 13.0 Å². The molecule has 42 valence electrons. The molecular formula is C3H6O3S. The van der Waals surface area contributed by atoms with Crippen molar-refractivity contribution in [2.45, 2.75) is 0 Å². The second-order valence-corrected chi connectivity index (χ2v) is 1.61. The summed E-state index contributed by atoms with van der Waals surface area (Å²) in [6.45, 7) is 0. The van der Waals surface area contributed by atoms with Gasteiger partial charge in [0.25, 0.3) is 0 Å². The molecule has 7 heavy (non-hydrogen) atoms. The Hall–Kier alpha value is -0.220. The lowest BCUT2D eigenvalue weighted by Gasteiger charge is -1.89. The second kappa shape index (κ2) is 3.95. The van der Waals surface area contributed by atoms with Crippen LogP contribution in [0.25, 0.3) is 0 Å². The number of thioether (sulfide) groups is 1. The molecule has 0 aromatic heterocycles. The molecule has 0 aliphatic rings. The predicted molar refractivity (Wildman–Crippen MR) is 27.1 cm³/mol. The molecule has 0 atom stereocenters. The van der Waals surface area contributed by atoms with E-state index >= 15 is 0 Å². The normalized spacial score (nSPS) is 8.29. The van der Waals surface area contributed by atoms with Gasteiger partial charge in [0, 0.05) is 0 Å². The van der Waals surface area contributed by atoms with Crippen LogP contribution in [0.1, 0.15) is 0 Å². The van der Waals surface area contributed by atoms with Gasteiger partial charge in [0.2, 0.25) is 0 Å². The third kappa shape index (κ3) is 3.61. The van der Waals surface area contributed by atoms with E-state index in [9.17, 15) is 4.79 Å². The van der Waals surface area contributed by atoms with Crippen molar-refractivity contribution in [3.63, 3.8) is 0 Å². The van der Waals surface area contributed by atoms with Crippen LogP contribution in [0.15, 0.2) is 0 Å². The van der Waals surface area contributed by atoms with Gasteiger partial charge >= 0.3 is 5.30 Å². The lowest BCUT2D eigenvalue weighted by Crippen LogP contribution is -1.90. The predicted octanol–water partition coefficient (Wildman–Crippen LogP) is 0.436. The molecule has 0 aliphatic heterocycles. The average molecular weight is 122 g/mol. The van der Waals surface area contributed by atoms with Gasteiger partial charge in [-0.2, -0.15) is 0 Å². The molecule has 0 heterocycles. The number of aliphatic hydroxyl groups is 1. The van der Waals surface area contributed by atoms with E-state index in [0.717, 1.165) is 11.8 Å². The molecule has 3 nitrogen and oxygen atoms in total. The highest BCUT2D eigenvalue weighted by atomic mass is 32.2. The monoisotopic (exact) mass is 122 g/mol. The van der Waals surface area contributed by atoms with Crippen LogP contribution in [0.2, 0.25) is 0 Å². The van der Waals surface area contributed by atoms with Crippen molar-refractivity contribution in [1.29, 1.82) is 0 Å². The summed E-state index contributed by atoms with van der Waals surface area (Å²) in [5.41, 5.74) is 0. The van der Waals surface area contributed by atoms with Crippen LogP contribution in [0.3, 0.4) is 0 Å². The molecule has 4 heteroatoms. The zero-order chi connectivity index (χ0) is 5.70. The van der Waals surface area contributed by atoms with E-state index in [1.165, 1.54) is 7.11 Å². The molecule has 0 amide bonds. The third-order valence-electron chi connectivity index (χ3n) is 0.349. The minimum Gasteiger partial charge on any atom is -0.461 e. The fourth-order valence-electron chi connectivity index (χ4n) is 0.112. The Labute approximate surface area is 45.7 Å². The fraction of sp³-hybridized carbons (Fsp3) is 0.667. The first-order valence-corrected chi connectivity index (χ1v) is 2.61. The molecule has 0 spiro atoms. The van der Waals surface area contributed by atoms with Gasteiger partial charge in [0.1, 0.15) is 0 Å². The summed E-state index contributed by atoms with van der Waals surface area (Å²) in [6.07, 6.45) is 0. The SMILES string of the molecule is COC(=O)SCO. The summed E-state index contributed by atoms with van der Waals surface area (Å²) in [7, 11) is 1.27. The van der Waals surface area contributed by atoms with Crippen LogP contribution in [0, 0.1) is 0 Å². The summed E-state index contributed by atoms with van der Waals surface area (Å²) in [4.78, 5) is 9.99. The van der Waals surface area contributed by atoms with Gasteiger partial charge in [-0.15, -0.1) is 0 Å². The van der Waals surface area contributed by atoms with Crippen molar-refractivity contribution < 1.29 is 14.6 Å². The summed E-state index contributed by atoms with van der Waals surface area (Å²) in [5.74, 6) is -0.216. The molecule has 0 unspecified atom stereocenters. The smallest absolute Gasteiger partial charge is 0.369 e. The Morgan fingerprint density at radius 3 is 2.71 bits per heavy atom. The van der Waals surface area contributed by atoms with Crippen molar-refractivity contribution in [2.75, 3.05) is 13.0 Å². The van der Waals surface area contributed by atoms with Crippen molar-refractivity contribution in [2.24, 2.45) is 0 Å². The lowest BCUT2D eigenvalue weighted by molar-refractivity contribution is 0.199. The number of carbonyl (C=O) groups is 1. The molecule has 0 saturated carbocycles. The third-order valence-corrected chi connectivity index (χ3v) is 0.881. The van der Waals surface area contributed by atoms with Crippen molar-refractivity contribution in [1.82, 2.24) is 0 Å². The van der Waals surface area contributed by atoms with Crippen LogP contribution in [-0.4, -0.2) is 23.5 Å². The molecule has 0 saturated heterocycles. The Morgan fingerprint density at radius 2 is 2.57 bits per heavy atom.